The third kappa shape index (κ3) is 7.34. The zero-order valence-corrected chi connectivity index (χ0v) is 13.9. The number of nitrogens with zero attached hydrogens (tertiary/aromatic N) is 1. The number of hydrogen-bond acceptors (Lipinski definition) is 3. The number of aliphatic carboxylic acids is 1. The third-order valence-electron chi connectivity index (χ3n) is 3.61. The molecule has 0 aliphatic heterocycles. The van der Waals surface area contributed by atoms with E-state index in [1.165, 1.54) is 5.56 Å². The molecule has 0 aliphatic carbocycles. The predicted octanol–water partition coefficient (Wildman–Crippen LogP) is 3.23. The molecule has 1 atom stereocenters. The highest BCUT2D eigenvalue weighted by atomic mass is 35.5. The lowest BCUT2D eigenvalue weighted by Gasteiger charge is -2.25. The normalized spacial score (nSPS) is 11.8. The van der Waals surface area contributed by atoms with Crippen molar-refractivity contribution in [1.29, 1.82) is 0 Å². The zero-order chi connectivity index (χ0) is 15.0. The monoisotopic (exact) mass is 315 g/mol. The number of benzene rings is 1. The number of carboxylic acids is 1. The topological polar surface area (TPSA) is 49.8 Å². The Morgan fingerprint density at radius 3 is 2.62 bits per heavy atom. The highest BCUT2D eigenvalue weighted by molar-refractivity contribution is 5.85. The minimum absolute atomic E-state index is 0. The molecule has 0 amide bonds. The van der Waals surface area contributed by atoms with Crippen LogP contribution in [0.5, 0.6) is 5.75 Å². The Morgan fingerprint density at radius 2 is 2.00 bits per heavy atom. The van der Waals surface area contributed by atoms with Crippen molar-refractivity contribution in [3.63, 3.8) is 0 Å². The third-order valence-corrected chi connectivity index (χ3v) is 3.61. The van der Waals surface area contributed by atoms with Gasteiger partial charge in [0.1, 0.15) is 5.75 Å². The number of carbonyl (C=O) groups is 1. The fourth-order valence-electron chi connectivity index (χ4n) is 2.20. The van der Waals surface area contributed by atoms with Crippen LogP contribution in [0.2, 0.25) is 0 Å². The quantitative estimate of drug-likeness (QED) is 0.711. The minimum atomic E-state index is -0.713. The number of hydrogen-bond donors (Lipinski definition) is 1. The van der Waals surface area contributed by atoms with Crippen LogP contribution in [0.4, 0.5) is 0 Å². The summed E-state index contributed by atoms with van der Waals surface area (Å²) < 4.78 is 5.37. The van der Waals surface area contributed by atoms with E-state index >= 15 is 0 Å². The van der Waals surface area contributed by atoms with Gasteiger partial charge in [0.2, 0.25) is 0 Å². The first-order valence-corrected chi connectivity index (χ1v) is 7.08. The molecule has 0 bridgehead atoms. The molecule has 0 aliphatic rings. The lowest BCUT2D eigenvalue weighted by Crippen LogP contribution is -2.31. The van der Waals surface area contributed by atoms with Gasteiger partial charge in [0.15, 0.2) is 0 Å². The summed E-state index contributed by atoms with van der Waals surface area (Å²) in [6.45, 7) is 3.10. The number of likely N-dealkylation sites (N-methyl/N-ethyl adjacent to an activating group) is 1. The van der Waals surface area contributed by atoms with Crippen LogP contribution in [0.1, 0.15) is 31.7 Å². The van der Waals surface area contributed by atoms with Crippen molar-refractivity contribution in [3.05, 3.63) is 29.8 Å². The molecule has 0 saturated heterocycles. The van der Waals surface area contributed by atoms with Gasteiger partial charge in [0.25, 0.3) is 0 Å². The lowest BCUT2D eigenvalue weighted by molar-refractivity contribution is -0.137. The molecule has 4 nitrogen and oxygen atoms in total. The van der Waals surface area contributed by atoms with Crippen LogP contribution < -0.4 is 4.74 Å². The van der Waals surface area contributed by atoms with E-state index in [9.17, 15) is 4.79 Å². The van der Waals surface area contributed by atoms with Gasteiger partial charge in [-0.2, -0.15) is 0 Å². The number of carboxylic acid groups (broad SMARTS) is 1. The molecular formula is C16H26ClNO3. The molecule has 0 radical (unpaired) electrons. The van der Waals surface area contributed by atoms with Gasteiger partial charge in [-0.1, -0.05) is 18.2 Å². The summed E-state index contributed by atoms with van der Waals surface area (Å²) in [7, 11) is 3.78. The second-order valence-electron chi connectivity index (χ2n) is 5.20. The average Bonchev–Trinajstić information content (AvgIpc) is 2.43. The van der Waals surface area contributed by atoms with Crippen molar-refractivity contribution in [2.45, 2.75) is 38.6 Å². The van der Waals surface area contributed by atoms with Crippen molar-refractivity contribution < 1.29 is 14.6 Å². The Labute approximate surface area is 133 Å². The summed E-state index contributed by atoms with van der Waals surface area (Å²) in [6.07, 6.45) is 2.84. The van der Waals surface area contributed by atoms with Crippen molar-refractivity contribution in [2.75, 3.05) is 20.7 Å². The molecule has 120 valence electrons. The van der Waals surface area contributed by atoms with E-state index in [-0.39, 0.29) is 18.8 Å². The van der Waals surface area contributed by atoms with Crippen LogP contribution in [0.3, 0.4) is 0 Å². The molecule has 0 spiro atoms. The number of unbranched alkanes of at least 4 members (excludes halogenated alkanes) is 1. The van der Waals surface area contributed by atoms with Gasteiger partial charge < -0.3 is 14.7 Å². The predicted molar refractivity (Wildman–Crippen MR) is 87.5 cm³/mol. The summed E-state index contributed by atoms with van der Waals surface area (Å²) in [6, 6.07) is 8.47. The number of methoxy groups -OCH3 is 1. The molecule has 5 heteroatoms. The number of halogens is 1. The fourth-order valence-corrected chi connectivity index (χ4v) is 2.20. The first kappa shape index (κ1) is 19.7. The van der Waals surface area contributed by atoms with E-state index in [4.69, 9.17) is 9.84 Å². The fraction of sp³-hybridized carbons (Fsp3) is 0.562. The van der Waals surface area contributed by atoms with Crippen molar-refractivity contribution in [1.82, 2.24) is 4.90 Å². The SMILES string of the molecule is COc1ccccc1CC(C)N(C)CCCCC(=O)O.Cl. The van der Waals surface area contributed by atoms with Crippen LogP contribution >= 0.6 is 12.4 Å². The van der Waals surface area contributed by atoms with Crippen LogP contribution in [0.15, 0.2) is 24.3 Å². The number of ether oxygens (including phenoxy) is 1. The molecule has 1 unspecified atom stereocenters. The summed E-state index contributed by atoms with van der Waals surface area (Å²) in [5.41, 5.74) is 1.21. The van der Waals surface area contributed by atoms with E-state index in [1.807, 2.05) is 18.2 Å². The molecule has 0 aromatic heterocycles. The first-order chi connectivity index (χ1) is 9.54. The Bertz CT molecular complexity index is 426. The Kier molecular flexibility index (Phi) is 9.84. The average molecular weight is 316 g/mol. The smallest absolute Gasteiger partial charge is 0.303 e. The van der Waals surface area contributed by atoms with Gasteiger partial charge in [0, 0.05) is 12.5 Å². The van der Waals surface area contributed by atoms with Crippen LogP contribution in [-0.4, -0.2) is 42.7 Å². The first-order valence-electron chi connectivity index (χ1n) is 7.08. The molecule has 0 heterocycles. The summed E-state index contributed by atoms with van der Waals surface area (Å²) in [5, 5.41) is 8.61. The summed E-state index contributed by atoms with van der Waals surface area (Å²) in [4.78, 5) is 12.7. The maximum absolute atomic E-state index is 10.5. The molecule has 21 heavy (non-hydrogen) atoms. The molecule has 1 aromatic carbocycles. The van der Waals surface area contributed by atoms with E-state index in [2.05, 4.69) is 24.9 Å². The van der Waals surface area contributed by atoms with Crippen molar-refractivity contribution in [3.8, 4) is 5.75 Å². The molecule has 0 fully saturated rings. The maximum Gasteiger partial charge on any atom is 0.303 e. The molecule has 1 N–H and O–H groups in total. The van der Waals surface area contributed by atoms with Gasteiger partial charge in [-0.05, 0) is 51.4 Å². The zero-order valence-electron chi connectivity index (χ0n) is 13.0. The highest BCUT2D eigenvalue weighted by Crippen LogP contribution is 2.20. The van der Waals surface area contributed by atoms with Crippen LogP contribution in [0, 0.1) is 0 Å². The molecule has 1 aromatic rings. The molecule has 1 rings (SSSR count). The highest BCUT2D eigenvalue weighted by Gasteiger charge is 2.12. The van der Waals surface area contributed by atoms with Gasteiger partial charge in [-0.25, -0.2) is 0 Å². The van der Waals surface area contributed by atoms with Crippen molar-refractivity contribution in [2.24, 2.45) is 0 Å². The molecular weight excluding hydrogens is 290 g/mol. The summed E-state index contributed by atoms with van der Waals surface area (Å²) in [5.74, 6) is 0.216. The Morgan fingerprint density at radius 1 is 1.33 bits per heavy atom. The number of rotatable bonds is 9. The second-order valence-corrected chi connectivity index (χ2v) is 5.20. The van der Waals surface area contributed by atoms with Crippen LogP contribution in [-0.2, 0) is 11.2 Å². The number of para-hydroxylation sites is 1. The maximum atomic E-state index is 10.5. The minimum Gasteiger partial charge on any atom is -0.496 e. The Balaban J connectivity index is 0.00000400. The van der Waals surface area contributed by atoms with Gasteiger partial charge >= 0.3 is 5.97 Å². The Hall–Kier alpha value is -1.26. The van der Waals surface area contributed by atoms with Gasteiger partial charge in [-0.3, -0.25) is 4.79 Å². The summed E-state index contributed by atoms with van der Waals surface area (Å²) >= 11 is 0. The van der Waals surface area contributed by atoms with E-state index in [1.54, 1.807) is 7.11 Å². The van der Waals surface area contributed by atoms with Gasteiger partial charge in [-0.15, -0.1) is 12.4 Å². The lowest BCUT2D eigenvalue weighted by atomic mass is 10.0. The standard InChI is InChI=1S/C16H25NO3.ClH/c1-13(17(2)11-7-6-10-16(18)19)12-14-8-4-5-9-15(14)20-3;/h4-5,8-9,13H,6-7,10-12H2,1-3H3,(H,18,19);1H. The largest absolute Gasteiger partial charge is 0.496 e. The van der Waals surface area contributed by atoms with Crippen LogP contribution in [0.25, 0.3) is 0 Å². The van der Waals surface area contributed by atoms with E-state index < -0.39 is 5.97 Å². The van der Waals surface area contributed by atoms with E-state index in [0.717, 1.165) is 31.6 Å². The molecule has 0 saturated carbocycles. The van der Waals surface area contributed by atoms with Crippen molar-refractivity contribution >= 4 is 18.4 Å². The second kappa shape index (κ2) is 10.5. The van der Waals surface area contributed by atoms with Gasteiger partial charge in [0.05, 0.1) is 7.11 Å². The van der Waals surface area contributed by atoms with E-state index in [0.29, 0.717) is 6.04 Å².